The summed E-state index contributed by atoms with van der Waals surface area (Å²) in [4.78, 5) is 59.1. The molecule has 32 heavy (non-hydrogen) atoms. The van der Waals surface area contributed by atoms with Crippen molar-refractivity contribution in [3.05, 3.63) is 85.9 Å². The summed E-state index contributed by atoms with van der Waals surface area (Å²) < 4.78 is 0. The van der Waals surface area contributed by atoms with Gasteiger partial charge in [-0.3, -0.25) is 40.5 Å². The standard InChI is InChI=1S/2C7H3ClN2O6/c2*8-6-4(9(13)14)1-3(7(11)12)2-5(6)10(15)16/h2*1-2H,(H,11,12). The number of nitro benzene ring substituents is 4. The number of hydrogen-bond acceptors (Lipinski definition) is 10. The fraction of sp³-hybridized carbons (Fsp3) is 0. The summed E-state index contributed by atoms with van der Waals surface area (Å²) in [5, 5.41) is 57.7. The molecule has 18 heteroatoms. The van der Waals surface area contributed by atoms with E-state index in [0.717, 1.165) is 0 Å². The van der Waals surface area contributed by atoms with Gasteiger partial charge in [0.1, 0.15) is 0 Å². The zero-order valence-electron chi connectivity index (χ0n) is 14.8. The zero-order chi connectivity index (χ0) is 24.9. The predicted octanol–water partition coefficient (Wildman–Crippen LogP) is 3.71. The maximum atomic E-state index is 10.6. The molecule has 0 fully saturated rings. The maximum absolute atomic E-state index is 10.6. The summed E-state index contributed by atoms with van der Waals surface area (Å²) in [6, 6.07) is 2.66. The molecule has 0 spiro atoms. The Morgan fingerprint density at radius 3 is 0.906 bits per heavy atom. The van der Waals surface area contributed by atoms with E-state index in [4.69, 9.17) is 33.4 Å². The molecule has 16 nitrogen and oxygen atoms in total. The highest BCUT2D eigenvalue weighted by molar-refractivity contribution is 6.35. The number of rotatable bonds is 6. The molecule has 0 unspecified atom stereocenters. The lowest BCUT2D eigenvalue weighted by Gasteiger charge is -1.99. The molecule has 0 radical (unpaired) electrons. The molecule has 2 rings (SSSR count). The van der Waals surface area contributed by atoms with Gasteiger partial charge in [0, 0.05) is 24.3 Å². The average Bonchev–Trinajstić information content (AvgIpc) is 2.67. The minimum absolute atomic E-state index is 0.567. The number of benzene rings is 2. The first kappa shape index (κ1) is 25.6. The molecule has 168 valence electrons. The van der Waals surface area contributed by atoms with Gasteiger partial charge >= 0.3 is 11.9 Å². The van der Waals surface area contributed by atoms with Crippen molar-refractivity contribution in [3.63, 3.8) is 0 Å². The largest absolute Gasteiger partial charge is 0.478 e. The van der Waals surface area contributed by atoms with Crippen molar-refractivity contribution >= 4 is 57.9 Å². The molecule has 2 aromatic carbocycles. The van der Waals surface area contributed by atoms with Crippen LogP contribution in [0, 0.1) is 40.5 Å². The Morgan fingerprint density at radius 1 is 0.594 bits per heavy atom. The van der Waals surface area contributed by atoms with Gasteiger partial charge in [0.25, 0.3) is 22.7 Å². The highest BCUT2D eigenvalue weighted by Gasteiger charge is 2.28. The molecule has 0 heterocycles. The van der Waals surface area contributed by atoms with Crippen LogP contribution in [0.25, 0.3) is 0 Å². The van der Waals surface area contributed by atoms with Crippen LogP contribution >= 0.6 is 23.2 Å². The molecule has 0 aliphatic heterocycles. The molecule has 0 aliphatic carbocycles. The first-order valence-electron chi connectivity index (χ1n) is 7.40. The third-order valence-corrected chi connectivity index (χ3v) is 4.12. The summed E-state index contributed by atoms with van der Waals surface area (Å²) in [5.74, 6) is -3.02. The van der Waals surface area contributed by atoms with Crippen LogP contribution in [0.3, 0.4) is 0 Å². The number of aromatic carboxylic acids is 2. The summed E-state index contributed by atoms with van der Waals surface area (Å²) in [5.41, 5.74) is -4.38. The molecule has 0 bridgehead atoms. The van der Waals surface area contributed by atoms with Gasteiger partial charge in [-0.1, -0.05) is 23.2 Å². The monoisotopic (exact) mass is 492 g/mol. The minimum Gasteiger partial charge on any atom is -0.478 e. The second-order valence-corrected chi connectivity index (χ2v) is 6.05. The topological polar surface area (TPSA) is 247 Å². The first-order valence-corrected chi connectivity index (χ1v) is 8.15. The Labute approximate surface area is 183 Å². The number of halogens is 2. The van der Waals surface area contributed by atoms with E-state index in [9.17, 15) is 50.0 Å². The van der Waals surface area contributed by atoms with Crippen LogP contribution in [0.15, 0.2) is 24.3 Å². The van der Waals surface area contributed by atoms with Crippen molar-refractivity contribution in [1.82, 2.24) is 0 Å². The molecular weight excluding hydrogens is 487 g/mol. The Bertz CT molecular complexity index is 1020. The van der Waals surface area contributed by atoms with Crippen molar-refractivity contribution in [3.8, 4) is 0 Å². The third kappa shape index (κ3) is 5.80. The molecule has 0 saturated carbocycles. The number of hydrogen-bond donors (Lipinski definition) is 2. The molecular formula is C14H6Cl2N4O12. The van der Waals surface area contributed by atoms with Crippen LogP contribution in [0.1, 0.15) is 20.7 Å². The van der Waals surface area contributed by atoms with Crippen molar-refractivity contribution in [1.29, 1.82) is 0 Å². The van der Waals surface area contributed by atoms with Gasteiger partial charge in [-0.2, -0.15) is 0 Å². The van der Waals surface area contributed by atoms with Crippen molar-refractivity contribution < 1.29 is 39.5 Å². The fourth-order valence-electron chi connectivity index (χ4n) is 1.97. The van der Waals surface area contributed by atoms with Gasteiger partial charge in [0.05, 0.1) is 30.8 Å². The fourth-order valence-corrected chi connectivity index (χ4v) is 2.46. The number of nitro groups is 4. The highest BCUT2D eigenvalue weighted by Crippen LogP contribution is 2.35. The normalized spacial score (nSPS) is 9.81. The van der Waals surface area contributed by atoms with Crippen LogP contribution in [0.4, 0.5) is 22.7 Å². The van der Waals surface area contributed by atoms with E-state index in [1.165, 1.54) is 0 Å². The Balaban J connectivity index is 0.000000320. The lowest BCUT2D eigenvalue weighted by Crippen LogP contribution is -2.02. The van der Waals surface area contributed by atoms with Crippen molar-refractivity contribution in [2.45, 2.75) is 0 Å². The van der Waals surface area contributed by atoms with Crippen LogP contribution < -0.4 is 0 Å². The molecule has 0 aliphatic rings. The summed E-state index contributed by atoms with van der Waals surface area (Å²) >= 11 is 10.8. The highest BCUT2D eigenvalue weighted by atomic mass is 35.5. The van der Waals surface area contributed by atoms with E-state index in [1.54, 1.807) is 0 Å². The van der Waals surface area contributed by atoms with E-state index in [1.807, 2.05) is 0 Å². The number of carbonyl (C=O) groups is 2. The van der Waals surface area contributed by atoms with E-state index < -0.39 is 75.6 Å². The van der Waals surface area contributed by atoms with E-state index >= 15 is 0 Å². The molecule has 0 amide bonds. The van der Waals surface area contributed by atoms with Gasteiger partial charge in [0.15, 0.2) is 10.0 Å². The lowest BCUT2D eigenvalue weighted by atomic mass is 10.2. The lowest BCUT2D eigenvalue weighted by molar-refractivity contribution is -0.394. The second kappa shape index (κ2) is 10.0. The quantitative estimate of drug-likeness (QED) is 0.432. The van der Waals surface area contributed by atoms with Crippen molar-refractivity contribution in [2.75, 3.05) is 0 Å². The Morgan fingerprint density at radius 2 is 0.781 bits per heavy atom. The van der Waals surface area contributed by atoms with Crippen LogP contribution in [-0.4, -0.2) is 41.8 Å². The van der Waals surface area contributed by atoms with E-state index in [2.05, 4.69) is 0 Å². The van der Waals surface area contributed by atoms with Gasteiger partial charge < -0.3 is 10.2 Å². The maximum Gasteiger partial charge on any atom is 0.336 e. The van der Waals surface area contributed by atoms with Gasteiger partial charge in [-0.25, -0.2) is 9.59 Å². The molecule has 2 N–H and O–H groups in total. The van der Waals surface area contributed by atoms with Crippen LogP contribution in [0.5, 0.6) is 0 Å². The molecule has 0 atom stereocenters. The summed E-state index contributed by atoms with van der Waals surface area (Å²) in [7, 11) is 0. The summed E-state index contributed by atoms with van der Waals surface area (Å²) in [6.07, 6.45) is 0. The smallest absolute Gasteiger partial charge is 0.336 e. The second-order valence-electron chi connectivity index (χ2n) is 5.30. The Kier molecular flexibility index (Phi) is 8.04. The number of carboxylic acid groups (broad SMARTS) is 2. The summed E-state index contributed by atoms with van der Waals surface area (Å²) in [6.45, 7) is 0. The van der Waals surface area contributed by atoms with E-state index in [-0.39, 0.29) is 0 Å². The Hall–Kier alpha value is -4.44. The number of carboxylic acids is 2. The minimum atomic E-state index is -1.51. The van der Waals surface area contributed by atoms with Gasteiger partial charge in [-0.15, -0.1) is 0 Å². The molecule has 0 aromatic heterocycles. The predicted molar refractivity (Wildman–Crippen MR) is 103 cm³/mol. The molecule has 0 saturated heterocycles. The zero-order valence-corrected chi connectivity index (χ0v) is 16.3. The molecule has 2 aromatic rings. The first-order chi connectivity index (χ1) is 14.7. The van der Waals surface area contributed by atoms with Crippen molar-refractivity contribution in [2.24, 2.45) is 0 Å². The van der Waals surface area contributed by atoms with Gasteiger partial charge in [-0.05, 0) is 0 Å². The SMILES string of the molecule is O=C(O)c1cc([N+](=O)[O-])c(Cl)c([N+](=O)[O-])c1.O=C(O)c1cc([N+](=O)[O-])c(Cl)c([N+](=O)[O-])c1. The van der Waals surface area contributed by atoms with Crippen LogP contribution in [0.2, 0.25) is 10.0 Å². The number of nitrogens with zero attached hydrogens (tertiary/aromatic N) is 4. The average molecular weight is 493 g/mol. The van der Waals surface area contributed by atoms with E-state index in [0.29, 0.717) is 24.3 Å². The third-order valence-electron chi connectivity index (χ3n) is 3.35. The van der Waals surface area contributed by atoms with Gasteiger partial charge in [0.2, 0.25) is 0 Å². The van der Waals surface area contributed by atoms with Crippen LogP contribution in [-0.2, 0) is 0 Å².